The number of nitrogens with zero attached hydrogens (tertiary/aromatic N) is 1. The zero-order valence-corrected chi connectivity index (χ0v) is 11.2. The number of hydrogen-bond acceptors (Lipinski definition) is 3. The number of halogens is 1. The first-order valence-electron chi connectivity index (χ1n) is 5.85. The number of rotatable bonds is 5. The second-order valence-corrected chi connectivity index (χ2v) is 3.94. The van der Waals surface area contributed by atoms with Crippen molar-refractivity contribution >= 4 is 11.8 Å². The van der Waals surface area contributed by atoms with E-state index in [1.807, 2.05) is 6.92 Å². The van der Waals surface area contributed by atoms with Crippen LogP contribution in [0, 0.1) is 5.82 Å². The molecule has 0 heterocycles. The minimum atomic E-state index is -0.687. The van der Waals surface area contributed by atoms with Crippen molar-refractivity contribution in [1.82, 2.24) is 10.2 Å². The van der Waals surface area contributed by atoms with Crippen LogP contribution >= 0.6 is 0 Å². The van der Waals surface area contributed by atoms with Gasteiger partial charge in [-0.25, -0.2) is 4.39 Å². The number of hydrogen-bond donors (Lipinski definition) is 1. The summed E-state index contributed by atoms with van der Waals surface area (Å²) < 4.78 is 18.4. The highest BCUT2D eigenvalue weighted by Gasteiger charge is 2.14. The molecular formula is C13H17FN2O3. The predicted octanol–water partition coefficient (Wildman–Crippen LogP) is 1.04. The van der Waals surface area contributed by atoms with Crippen molar-refractivity contribution in [2.45, 2.75) is 6.92 Å². The van der Waals surface area contributed by atoms with Gasteiger partial charge in [-0.05, 0) is 19.1 Å². The maximum Gasteiger partial charge on any atom is 0.254 e. The molecular weight excluding hydrogens is 251 g/mol. The minimum absolute atomic E-state index is 0.118. The molecule has 0 bridgehead atoms. The number of amides is 2. The first kappa shape index (κ1) is 14.9. The van der Waals surface area contributed by atoms with Crippen molar-refractivity contribution in [3.63, 3.8) is 0 Å². The van der Waals surface area contributed by atoms with Gasteiger partial charge in [-0.15, -0.1) is 0 Å². The molecule has 0 aliphatic heterocycles. The first-order chi connectivity index (χ1) is 8.99. The van der Waals surface area contributed by atoms with E-state index in [1.54, 1.807) is 7.05 Å². The van der Waals surface area contributed by atoms with Gasteiger partial charge in [-0.2, -0.15) is 0 Å². The second-order valence-electron chi connectivity index (χ2n) is 3.94. The van der Waals surface area contributed by atoms with E-state index in [-0.39, 0.29) is 18.0 Å². The second kappa shape index (κ2) is 6.72. The van der Waals surface area contributed by atoms with Gasteiger partial charge in [0, 0.05) is 19.7 Å². The van der Waals surface area contributed by atoms with Gasteiger partial charge in [-0.3, -0.25) is 9.59 Å². The van der Waals surface area contributed by atoms with Crippen molar-refractivity contribution < 1.29 is 18.7 Å². The average molecular weight is 268 g/mol. The Morgan fingerprint density at radius 1 is 1.42 bits per heavy atom. The Morgan fingerprint density at radius 3 is 2.63 bits per heavy atom. The monoisotopic (exact) mass is 268 g/mol. The number of benzene rings is 1. The van der Waals surface area contributed by atoms with Crippen molar-refractivity contribution in [2.24, 2.45) is 0 Å². The number of ether oxygens (including phenoxy) is 1. The molecule has 2 amide bonds. The maximum absolute atomic E-state index is 13.6. The molecule has 0 aromatic heterocycles. The number of likely N-dealkylation sites (N-methyl/N-ethyl adjacent to an activating group) is 1. The van der Waals surface area contributed by atoms with E-state index >= 15 is 0 Å². The van der Waals surface area contributed by atoms with E-state index < -0.39 is 11.7 Å². The fourth-order valence-electron chi connectivity index (χ4n) is 1.37. The number of carbonyl (C=O) groups excluding carboxylic acids is 2. The van der Waals surface area contributed by atoms with Gasteiger partial charge in [0.1, 0.15) is 11.6 Å². The summed E-state index contributed by atoms with van der Waals surface area (Å²) in [5.74, 6) is -1.22. The van der Waals surface area contributed by atoms with E-state index in [4.69, 9.17) is 4.74 Å². The van der Waals surface area contributed by atoms with Crippen molar-refractivity contribution in [2.75, 3.05) is 27.2 Å². The van der Waals surface area contributed by atoms with Crippen LogP contribution in [-0.4, -0.2) is 44.0 Å². The highest BCUT2D eigenvalue weighted by atomic mass is 19.1. The molecule has 5 nitrogen and oxygen atoms in total. The molecule has 0 atom stereocenters. The fourth-order valence-corrected chi connectivity index (χ4v) is 1.37. The SMILES string of the molecule is CCN(C)C(=O)CNC(=O)c1ccc(OC)cc1F. The molecule has 19 heavy (non-hydrogen) atoms. The Kier molecular flexibility index (Phi) is 5.29. The third kappa shape index (κ3) is 3.94. The van der Waals surface area contributed by atoms with Crippen LogP contribution in [0.15, 0.2) is 18.2 Å². The van der Waals surface area contributed by atoms with Gasteiger partial charge in [0.25, 0.3) is 5.91 Å². The lowest BCUT2D eigenvalue weighted by Crippen LogP contribution is -2.38. The smallest absolute Gasteiger partial charge is 0.254 e. The van der Waals surface area contributed by atoms with Crippen LogP contribution in [0.2, 0.25) is 0 Å². The minimum Gasteiger partial charge on any atom is -0.497 e. The predicted molar refractivity (Wildman–Crippen MR) is 68.6 cm³/mol. The Labute approximate surface area is 111 Å². The summed E-state index contributed by atoms with van der Waals surface area (Å²) in [4.78, 5) is 24.7. The summed E-state index contributed by atoms with van der Waals surface area (Å²) in [5, 5.41) is 2.38. The molecule has 0 aliphatic carbocycles. The molecule has 0 spiro atoms. The normalized spacial score (nSPS) is 9.89. The lowest BCUT2D eigenvalue weighted by Gasteiger charge is -2.14. The van der Waals surface area contributed by atoms with Gasteiger partial charge < -0.3 is 15.0 Å². The molecule has 0 saturated heterocycles. The molecule has 1 aromatic rings. The van der Waals surface area contributed by atoms with E-state index in [9.17, 15) is 14.0 Å². The molecule has 104 valence electrons. The highest BCUT2D eigenvalue weighted by Crippen LogP contribution is 2.15. The molecule has 0 aliphatic rings. The van der Waals surface area contributed by atoms with Crippen molar-refractivity contribution in [3.05, 3.63) is 29.6 Å². The van der Waals surface area contributed by atoms with E-state index in [1.165, 1.54) is 24.1 Å². The van der Waals surface area contributed by atoms with E-state index in [2.05, 4.69) is 5.32 Å². The quantitative estimate of drug-likeness (QED) is 0.868. The highest BCUT2D eigenvalue weighted by molar-refractivity contribution is 5.96. The average Bonchev–Trinajstić information content (AvgIpc) is 2.43. The van der Waals surface area contributed by atoms with Gasteiger partial charge >= 0.3 is 0 Å². The molecule has 0 radical (unpaired) electrons. The topological polar surface area (TPSA) is 58.6 Å². The van der Waals surface area contributed by atoms with E-state index in [0.717, 1.165) is 6.07 Å². The van der Waals surface area contributed by atoms with Crippen LogP contribution in [0.25, 0.3) is 0 Å². The van der Waals surface area contributed by atoms with Gasteiger partial charge in [0.05, 0.1) is 19.2 Å². The Morgan fingerprint density at radius 2 is 2.11 bits per heavy atom. The summed E-state index contributed by atoms with van der Waals surface area (Å²) in [6.07, 6.45) is 0. The third-order valence-electron chi connectivity index (χ3n) is 2.72. The van der Waals surface area contributed by atoms with Crippen molar-refractivity contribution in [1.29, 1.82) is 0 Å². The molecule has 0 saturated carbocycles. The lowest BCUT2D eigenvalue weighted by molar-refractivity contribution is -0.128. The zero-order chi connectivity index (χ0) is 14.4. The standard InChI is InChI=1S/C13H17FN2O3/c1-4-16(2)12(17)8-15-13(18)10-6-5-9(19-3)7-11(10)14/h5-7H,4,8H2,1-3H3,(H,15,18). The fraction of sp³-hybridized carbons (Fsp3) is 0.385. The third-order valence-corrected chi connectivity index (χ3v) is 2.72. The lowest BCUT2D eigenvalue weighted by atomic mass is 10.2. The summed E-state index contributed by atoms with van der Waals surface area (Å²) in [7, 11) is 3.04. The molecule has 1 N–H and O–H groups in total. The maximum atomic E-state index is 13.6. The Balaban J connectivity index is 2.66. The summed E-state index contributed by atoms with van der Waals surface area (Å²) >= 11 is 0. The summed E-state index contributed by atoms with van der Waals surface area (Å²) in [6.45, 7) is 2.21. The number of methoxy groups -OCH3 is 1. The van der Waals surface area contributed by atoms with Crippen molar-refractivity contribution in [3.8, 4) is 5.75 Å². The van der Waals surface area contributed by atoms with Crippen LogP contribution in [0.3, 0.4) is 0 Å². The number of nitrogens with one attached hydrogen (secondary N) is 1. The Hall–Kier alpha value is -2.11. The zero-order valence-electron chi connectivity index (χ0n) is 11.2. The molecule has 6 heteroatoms. The first-order valence-corrected chi connectivity index (χ1v) is 5.85. The molecule has 0 unspecified atom stereocenters. The van der Waals surface area contributed by atoms with Crippen LogP contribution in [-0.2, 0) is 4.79 Å². The van der Waals surface area contributed by atoms with Crippen LogP contribution in [0.5, 0.6) is 5.75 Å². The molecule has 1 rings (SSSR count). The van der Waals surface area contributed by atoms with Gasteiger partial charge in [0.2, 0.25) is 5.91 Å². The largest absolute Gasteiger partial charge is 0.497 e. The Bertz CT molecular complexity index is 477. The summed E-state index contributed by atoms with van der Waals surface area (Å²) in [5.41, 5.74) is -0.118. The van der Waals surface area contributed by atoms with Gasteiger partial charge in [0.15, 0.2) is 0 Å². The van der Waals surface area contributed by atoms with Crippen LogP contribution < -0.4 is 10.1 Å². The number of carbonyl (C=O) groups is 2. The van der Waals surface area contributed by atoms with Gasteiger partial charge in [-0.1, -0.05) is 0 Å². The molecule has 0 fully saturated rings. The molecule has 1 aromatic carbocycles. The van der Waals surface area contributed by atoms with Crippen LogP contribution in [0.4, 0.5) is 4.39 Å². The van der Waals surface area contributed by atoms with E-state index in [0.29, 0.717) is 12.3 Å². The van der Waals surface area contributed by atoms with Crippen LogP contribution in [0.1, 0.15) is 17.3 Å². The summed E-state index contributed by atoms with van der Waals surface area (Å²) in [6, 6.07) is 3.92.